The zero-order chi connectivity index (χ0) is 22.0. The lowest BCUT2D eigenvalue weighted by Crippen LogP contribution is -2.38. The quantitative estimate of drug-likeness (QED) is 0.573. The SMILES string of the molecule is Cc1cc(N2CCCC2)ccc1/C=C1\NC(=O)N(CC(=O)Nc2ccc(F)cc2)C1=O. The van der Waals surface area contributed by atoms with E-state index in [2.05, 4.69) is 21.6 Å². The van der Waals surface area contributed by atoms with Gasteiger partial charge in [0.15, 0.2) is 0 Å². The summed E-state index contributed by atoms with van der Waals surface area (Å²) in [6.07, 6.45) is 4.01. The molecule has 2 heterocycles. The van der Waals surface area contributed by atoms with Crippen LogP contribution < -0.4 is 15.5 Å². The van der Waals surface area contributed by atoms with E-state index in [-0.39, 0.29) is 5.70 Å². The molecule has 7 nitrogen and oxygen atoms in total. The number of benzene rings is 2. The number of imide groups is 1. The van der Waals surface area contributed by atoms with Gasteiger partial charge in [-0.2, -0.15) is 0 Å². The van der Waals surface area contributed by atoms with Gasteiger partial charge in [-0.1, -0.05) is 6.07 Å². The zero-order valence-corrected chi connectivity index (χ0v) is 17.2. The minimum absolute atomic E-state index is 0.122. The number of rotatable bonds is 5. The minimum atomic E-state index is -0.656. The largest absolute Gasteiger partial charge is 0.372 e. The highest BCUT2D eigenvalue weighted by Gasteiger charge is 2.35. The fourth-order valence-electron chi connectivity index (χ4n) is 3.74. The summed E-state index contributed by atoms with van der Waals surface area (Å²) < 4.78 is 13.0. The van der Waals surface area contributed by atoms with Crippen LogP contribution in [0.2, 0.25) is 0 Å². The summed E-state index contributed by atoms with van der Waals surface area (Å²) in [7, 11) is 0. The van der Waals surface area contributed by atoms with Crippen LogP contribution in [0.4, 0.5) is 20.6 Å². The number of carbonyl (C=O) groups is 3. The van der Waals surface area contributed by atoms with Gasteiger partial charge in [-0.3, -0.25) is 9.59 Å². The number of carbonyl (C=O) groups excluding carboxylic acids is 3. The maximum absolute atomic E-state index is 13.0. The molecule has 0 atom stereocenters. The van der Waals surface area contributed by atoms with Crippen LogP contribution in [0, 0.1) is 12.7 Å². The van der Waals surface area contributed by atoms with Gasteiger partial charge < -0.3 is 15.5 Å². The number of hydrogen-bond acceptors (Lipinski definition) is 4. The first-order valence-electron chi connectivity index (χ1n) is 10.2. The van der Waals surface area contributed by atoms with Gasteiger partial charge in [0.1, 0.15) is 18.1 Å². The average molecular weight is 422 g/mol. The molecule has 4 amide bonds. The van der Waals surface area contributed by atoms with E-state index in [0.29, 0.717) is 5.69 Å². The third-order valence-electron chi connectivity index (χ3n) is 5.42. The van der Waals surface area contributed by atoms with Crippen molar-refractivity contribution in [2.24, 2.45) is 0 Å². The number of amides is 4. The van der Waals surface area contributed by atoms with Gasteiger partial charge in [0, 0.05) is 24.5 Å². The van der Waals surface area contributed by atoms with Gasteiger partial charge in [0.2, 0.25) is 5.91 Å². The molecule has 2 N–H and O–H groups in total. The standard InChI is InChI=1S/C23H23FN4O3/c1-15-12-19(27-10-2-3-11-27)9-4-16(15)13-20-22(30)28(23(31)26-20)14-21(29)25-18-7-5-17(24)6-8-18/h4-9,12-13H,2-3,10-11,14H2,1H3,(H,25,29)(H,26,31)/b20-13-. The van der Waals surface area contributed by atoms with Crippen molar-refractivity contribution in [3.63, 3.8) is 0 Å². The van der Waals surface area contributed by atoms with E-state index in [1.807, 2.05) is 19.1 Å². The van der Waals surface area contributed by atoms with Crippen LogP contribution in [0.3, 0.4) is 0 Å². The van der Waals surface area contributed by atoms with Gasteiger partial charge >= 0.3 is 6.03 Å². The van der Waals surface area contributed by atoms with Crippen LogP contribution >= 0.6 is 0 Å². The molecular weight excluding hydrogens is 399 g/mol. The lowest BCUT2D eigenvalue weighted by atomic mass is 10.1. The van der Waals surface area contributed by atoms with Crippen LogP contribution in [-0.4, -0.2) is 42.4 Å². The Balaban J connectivity index is 1.44. The summed E-state index contributed by atoms with van der Waals surface area (Å²) >= 11 is 0. The number of nitrogens with zero attached hydrogens (tertiary/aromatic N) is 2. The first-order chi connectivity index (χ1) is 14.9. The molecule has 0 radical (unpaired) electrons. The average Bonchev–Trinajstić information content (AvgIpc) is 3.36. The second-order valence-corrected chi connectivity index (χ2v) is 7.67. The topological polar surface area (TPSA) is 81.8 Å². The van der Waals surface area contributed by atoms with Gasteiger partial charge in [-0.15, -0.1) is 0 Å². The van der Waals surface area contributed by atoms with Gasteiger partial charge in [0.05, 0.1) is 0 Å². The van der Waals surface area contributed by atoms with E-state index in [9.17, 15) is 18.8 Å². The highest BCUT2D eigenvalue weighted by Crippen LogP contribution is 2.25. The predicted molar refractivity (Wildman–Crippen MR) is 116 cm³/mol. The summed E-state index contributed by atoms with van der Waals surface area (Å²) in [5.41, 5.74) is 3.47. The zero-order valence-electron chi connectivity index (χ0n) is 17.2. The molecule has 0 unspecified atom stereocenters. The summed E-state index contributed by atoms with van der Waals surface area (Å²) in [5.74, 6) is -1.55. The molecule has 8 heteroatoms. The number of aryl methyl sites for hydroxylation is 1. The first-order valence-corrected chi connectivity index (χ1v) is 10.2. The Morgan fingerprint density at radius 1 is 1.13 bits per heavy atom. The first kappa shape index (κ1) is 20.6. The summed E-state index contributed by atoms with van der Waals surface area (Å²) in [6.45, 7) is 3.61. The van der Waals surface area contributed by atoms with Crippen molar-refractivity contribution in [3.05, 3.63) is 65.1 Å². The highest BCUT2D eigenvalue weighted by atomic mass is 19.1. The molecule has 0 aliphatic carbocycles. The van der Waals surface area contributed by atoms with Crippen LogP contribution in [0.1, 0.15) is 24.0 Å². The van der Waals surface area contributed by atoms with E-state index in [1.165, 1.54) is 37.1 Å². The number of halogens is 1. The summed E-state index contributed by atoms with van der Waals surface area (Å²) in [6, 6.07) is 10.6. The van der Waals surface area contributed by atoms with Crippen molar-refractivity contribution >= 4 is 35.3 Å². The molecule has 2 saturated heterocycles. The van der Waals surface area contributed by atoms with Crippen molar-refractivity contribution in [1.29, 1.82) is 0 Å². The van der Waals surface area contributed by atoms with Crippen molar-refractivity contribution in [2.75, 3.05) is 29.9 Å². The molecule has 4 rings (SSSR count). The molecule has 2 aliphatic rings. The lowest BCUT2D eigenvalue weighted by Gasteiger charge is -2.18. The van der Waals surface area contributed by atoms with E-state index in [0.717, 1.165) is 34.8 Å². The second-order valence-electron chi connectivity index (χ2n) is 7.67. The van der Waals surface area contributed by atoms with Crippen molar-refractivity contribution < 1.29 is 18.8 Å². The number of hydrogen-bond donors (Lipinski definition) is 2. The van der Waals surface area contributed by atoms with E-state index >= 15 is 0 Å². The monoisotopic (exact) mass is 422 g/mol. The Morgan fingerprint density at radius 3 is 2.52 bits per heavy atom. The van der Waals surface area contributed by atoms with Gasteiger partial charge in [0.25, 0.3) is 5.91 Å². The fourth-order valence-corrected chi connectivity index (χ4v) is 3.74. The summed E-state index contributed by atoms with van der Waals surface area (Å²) in [4.78, 5) is 40.3. The van der Waals surface area contributed by atoms with Crippen LogP contribution in [0.25, 0.3) is 6.08 Å². The predicted octanol–water partition coefficient (Wildman–Crippen LogP) is 3.27. The third-order valence-corrected chi connectivity index (χ3v) is 5.42. The Bertz CT molecular complexity index is 1060. The third kappa shape index (κ3) is 4.58. The normalized spacial score (nSPS) is 17.4. The van der Waals surface area contributed by atoms with Crippen molar-refractivity contribution in [3.8, 4) is 0 Å². The molecule has 160 valence electrons. The molecule has 0 aromatic heterocycles. The number of urea groups is 1. The van der Waals surface area contributed by atoms with E-state index < -0.39 is 30.2 Å². The molecule has 0 bridgehead atoms. The van der Waals surface area contributed by atoms with Crippen LogP contribution in [0.5, 0.6) is 0 Å². The lowest BCUT2D eigenvalue weighted by molar-refractivity contribution is -0.127. The van der Waals surface area contributed by atoms with Crippen LogP contribution in [0.15, 0.2) is 48.2 Å². The Kier molecular flexibility index (Phi) is 5.70. The van der Waals surface area contributed by atoms with Gasteiger partial charge in [-0.05, 0) is 73.4 Å². The fraction of sp³-hybridized carbons (Fsp3) is 0.261. The maximum atomic E-state index is 13.0. The molecule has 2 aromatic rings. The molecule has 2 aromatic carbocycles. The van der Waals surface area contributed by atoms with Crippen LogP contribution in [-0.2, 0) is 9.59 Å². The van der Waals surface area contributed by atoms with Crippen molar-refractivity contribution in [1.82, 2.24) is 10.2 Å². The highest BCUT2D eigenvalue weighted by molar-refractivity contribution is 6.16. The Hall–Kier alpha value is -3.68. The molecular formula is C23H23FN4O3. The Morgan fingerprint density at radius 2 is 1.84 bits per heavy atom. The molecule has 2 fully saturated rings. The molecule has 0 spiro atoms. The summed E-state index contributed by atoms with van der Waals surface area (Å²) in [5, 5.41) is 5.07. The number of nitrogens with one attached hydrogen (secondary N) is 2. The molecule has 31 heavy (non-hydrogen) atoms. The minimum Gasteiger partial charge on any atom is -0.372 e. The maximum Gasteiger partial charge on any atom is 0.329 e. The smallest absolute Gasteiger partial charge is 0.329 e. The van der Waals surface area contributed by atoms with Crippen molar-refractivity contribution in [2.45, 2.75) is 19.8 Å². The van der Waals surface area contributed by atoms with E-state index in [1.54, 1.807) is 6.08 Å². The number of anilines is 2. The molecule has 0 saturated carbocycles. The second kappa shape index (κ2) is 8.59. The molecule has 2 aliphatic heterocycles. The Labute approximate surface area is 179 Å². The van der Waals surface area contributed by atoms with Gasteiger partial charge in [-0.25, -0.2) is 14.1 Å². The van der Waals surface area contributed by atoms with E-state index in [4.69, 9.17) is 0 Å².